The molecule has 0 saturated heterocycles. The Morgan fingerprint density at radius 3 is 2.82 bits per heavy atom. The van der Waals surface area contributed by atoms with Crippen LogP contribution in [0.1, 0.15) is 18.9 Å². The van der Waals surface area contributed by atoms with Crippen molar-refractivity contribution in [3.05, 3.63) is 36.3 Å². The van der Waals surface area contributed by atoms with Crippen molar-refractivity contribution in [2.45, 2.75) is 29.8 Å². The molecule has 0 fully saturated rings. The molecular formula is C12H14N4S. The van der Waals surface area contributed by atoms with E-state index in [1.807, 2.05) is 18.2 Å². The first kappa shape index (κ1) is 11.9. The average Bonchev–Trinajstić information content (AvgIpc) is 2.35. The lowest BCUT2D eigenvalue weighted by atomic mass is 10.2. The first-order valence-corrected chi connectivity index (χ1v) is 6.31. The fourth-order valence-corrected chi connectivity index (χ4v) is 2.38. The summed E-state index contributed by atoms with van der Waals surface area (Å²) in [6, 6.07) is 5.81. The van der Waals surface area contributed by atoms with Crippen LogP contribution in [0.15, 0.2) is 40.8 Å². The standard InChI is InChI=1S/C12H14N4S/c1-2-5-9-11(13)15-8-16-12(9)17-10-6-3-4-7-14-10/h3-4,6-8H,2,5H2,1H3,(H2,13,15,16). The molecule has 4 nitrogen and oxygen atoms in total. The van der Waals surface area contributed by atoms with Gasteiger partial charge in [0.25, 0.3) is 0 Å². The largest absolute Gasteiger partial charge is 0.383 e. The Morgan fingerprint density at radius 1 is 1.24 bits per heavy atom. The number of pyridine rings is 1. The molecule has 0 saturated carbocycles. The van der Waals surface area contributed by atoms with E-state index in [-0.39, 0.29) is 0 Å². The van der Waals surface area contributed by atoms with Gasteiger partial charge in [-0.2, -0.15) is 0 Å². The Morgan fingerprint density at radius 2 is 2.12 bits per heavy atom. The molecule has 5 heteroatoms. The van der Waals surface area contributed by atoms with Crippen LogP contribution in [-0.4, -0.2) is 15.0 Å². The van der Waals surface area contributed by atoms with Crippen molar-refractivity contribution in [1.29, 1.82) is 0 Å². The van der Waals surface area contributed by atoms with E-state index >= 15 is 0 Å². The Kier molecular flexibility index (Phi) is 3.93. The number of nitrogens with two attached hydrogens (primary N) is 1. The third kappa shape index (κ3) is 2.94. The lowest BCUT2D eigenvalue weighted by Crippen LogP contribution is -2.01. The second-order valence-electron chi connectivity index (χ2n) is 3.56. The van der Waals surface area contributed by atoms with Gasteiger partial charge in [0.2, 0.25) is 0 Å². The van der Waals surface area contributed by atoms with Crippen LogP contribution >= 0.6 is 11.8 Å². The molecule has 0 unspecified atom stereocenters. The molecule has 0 aliphatic heterocycles. The zero-order chi connectivity index (χ0) is 12.1. The van der Waals surface area contributed by atoms with Crippen molar-refractivity contribution in [2.24, 2.45) is 0 Å². The second-order valence-corrected chi connectivity index (χ2v) is 4.57. The van der Waals surface area contributed by atoms with Gasteiger partial charge in [-0.25, -0.2) is 15.0 Å². The van der Waals surface area contributed by atoms with E-state index in [0.717, 1.165) is 28.5 Å². The van der Waals surface area contributed by atoms with Crippen LogP contribution < -0.4 is 5.73 Å². The molecule has 0 radical (unpaired) electrons. The molecule has 2 aromatic rings. The smallest absolute Gasteiger partial charge is 0.131 e. The van der Waals surface area contributed by atoms with E-state index in [0.29, 0.717) is 5.82 Å². The SMILES string of the molecule is CCCc1c(N)ncnc1Sc1ccccn1. The predicted molar refractivity (Wildman–Crippen MR) is 68.8 cm³/mol. The Hall–Kier alpha value is -1.62. The molecule has 0 atom stereocenters. The zero-order valence-electron chi connectivity index (χ0n) is 9.63. The number of anilines is 1. The lowest BCUT2D eigenvalue weighted by molar-refractivity contribution is 0.860. The molecule has 2 rings (SSSR count). The maximum Gasteiger partial charge on any atom is 0.131 e. The summed E-state index contributed by atoms with van der Waals surface area (Å²) in [7, 11) is 0. The minimum absolute atomic E-state index is 0.570. The molecule has 17 heavy (non-hydrogen) atoms. The van der Waals surface area contributed by atoms with E-state index in [9.17, 15) is 0 Å². The summed E-state index contributed by atoms with van der Waals surface area (Å²) in [5.41, 5.74) is 6.90. The molecule has 2 N–H and O–H groups in total. The van der Waals surface area contributed by atoms with Crippen molar-refractivity contribution in [1.82, 2.24) is 15.0 Å². The number of nitrogen functional groups attached to an aromatic ring is 1. The van der Waals surface area contributed by atoms with Gasteiger partial charge in [0.15, 0.2) is 0 Å². The van der Waals surface area contributed by atoms with Gasteiger partial charge in [-0.05, 0) is 30.3 Å². The highest BCUT2D eigenvalue weighted by molar-refractivity contribution is 7.99. The molecule has 0 aliphatic carbocycles. The first-order chi connectivity index (χ1) is 8.31. The maximum atomic E-state index is 5.88. The molecule has 0 spiro atoms. The molecule has 0 aliphatic rings. The molecule has 88 valence electrons. The molecular weight excluding hydrogens is 232 g/mol. The third-order valence-electron chi connectivity index (χ3n) is 2.28. The number of nitrogens with zero attached hydrogens (tertiary/aromatic N) is 3. The van der Waals surface area contributed by atoms with Crippen LogP contribution in [0, 0.1) is 0 Å². The van der Waals surface area contributed by atoms with Gasteiger partial charge in [0, 0.05) is 11.8 Å². The van der Waals surface area contributed by atoms with E-state index < -0.39 is 0 Å². The minimum Gasteiger partial charge on any atom is -0.383 e. The second kappa shape index (κ2) is 5.63. The minimum atomic E-state index is 0.570. The van der Waals surface area contributed by atoms with E-state index in [2.05, 4.69) is 21.9 Å². The highest BCUT2D eigenvalue weighted by atomic mass is 32.2. The topological polar surface area (TPSA) is 64.7 Å². The summed E-state index contributed by atoms with van der Waals surface area (Å²) in [4.78, 5) is 12.6. The first-order valence-electron chi connectivity index (χ1n) is 5.49. The van der Waals surface area contributed by atoms with Crippen LogP contribution in [0.4, 0.5) is 5.82 Å². The Labute approximate surface area is 105 Å². The molecule has 0 amide bonds. The summed E-state index contributed by atoms with van der Waals surface area (Å²) in [5.74, 6) is 0.570. The van der Waals surface area contributed by atoms with Crippen molar-refractivity contribution >= 4 is 17.6 Å². The van der Waals surface area contributed by atoms with Crippen LogP contribution in [0.2, 0.25) is 0 Å². The van der Waals surface area contributed by atoms with Gasteiger partial charge >= 0.3 is 0 Å². The van der Waals surface area contributed by atoms with E-state index in [1.54, 1.807) is 6.20 Å². The monoisotopic (exact) mass is 246 g/mol. The average molecular weight is 246 g/mol. The number of hydrogen-bond donors (Lipinski definition) is 1. The Bertz CT molecular complexity index is 487. The predicted octanol–water partition coefficient (Wildman–Crippen LogP) is 2.56. The zero-order valence-corrected chi connectivity index (χ0v) is 10.4. The van der Waals surface area contributed by atoms with Crippen molar-refractivity contribution < 1.29 is 0 Å². The van der Waals surface area contributed by atoms with Crippen LogP contribution in [0.5, 0.6) is 0 Å². The van der Waals surface area contributed by atoms with Crippen LogP contribution in [-0.2, 0) is 6.42 Å². The van der Waals surface area contributed by atoms with Gasteiger partial charge in [-0.15, -0.1) is 0 Å². The van der Waals surface area contributed by atoms with Gasteiger partial charge in [0.1, 0.15) is 22.2 Å². The lowest BCUT2D eigenvalue weighted by Gasteiger charge is -2.08. The molecule has 0 bridgehead atoms. The summed E-state index contributed by atoms with van der Waals surface area (Å²) < 4.78 is 0. The fraction of sp³-hybridized carbons (Fsp3) is 0.250. The van der Waals surface area contributed by atoms with Gasteiger partial charge in [-0.3, -0.25) is 0 Å². The quantitative estimate of drug-likeness (QED) is 0.840. The summed E-state index contributed by atoms with van der Waals surface area (Å²) >= 11 is 1.53. The van der Waals surface area contributed by atoms with Crippen molar-refractivity contribution in [3.63, 3.8) is 0 Å². The van der Waals surface area contributed by atoms with E-state index in [1.165, 1.54) is 18.1 Å². The van der Waals surface area contributed by atoms with Crippen molar-refractivity contribution in [3.8, 4) is 0 Å². The summed E-state index contributed by atoms with van der Waals surface area (Å²) in [6.07, 6.45) is 5.18. The van der Waals surface area contributed by atoms with E-state index in [4.69, 9.17) is 5.73 Å². The highest BCUT2D eigenvalue weighted by Gasteiger charge is 2.10. The van der Waals surface area contributed by atoms with Gasteiger partial charge in [-0.1, -0.05) is 19.4 Å². The number of hydrogen-bond acceptors (Lipinski definition) is 5. The van der Waals surface area contributed by atoms with Gasteiger partial charge < -0.3 is 5.73 Å². The molecule has 2 aromatic heterocycles. The number of aromatic nitrogens is 3. The normalized spacial score (nSPS) is 10.4. The summed E-state index contributed by atoms with van der Waals surface area (Å²) in [5, 5.41) is 1.82. The molecule has 2 heterocycles. The van der Waals surface area contributed by atoms with Gasteiger partial charge in [0.05, 0.1) is 0 Å². The Balaban J connectivity index is 2.29. The highest BCUT2D eigenvalue weighted by Crippen LogP contribution is 2.29. The van der Waals surface area contributed by atoms with Crippen LogP contribution in [0.3, 0.4) is 0 Å². The number of rotatable bonds is 4. The maximum absolute atomic E-state index is 5.88. The van der Waals surface area contributed by atoms with Crippen LogP contribution in [0.25, 0.3) is 0 Å². The molecule has 0 aromatic carbocycles. The third-order valence-corrected chi connectivity index (χ3v) is 3.27. The summed E-state index contributed by atoms with van der Waals surface area (Å²) in [6.45, 7) is 2.11. The van der Waals surface area contributed by atoms with Crippen molar-refractivity contribution in [2.75, 3.05) is 5.73 Å². The fourth-order valence-electron chi connectivity index (χ4n) is 1.49.